The van der Waals surface area contributed by atoms with Gasteiger partial charge >= 0.3 is 0 Å². The van der Waals surface area contributed by atoms with Crippen LogP contribution in [-0.2, 0) is 24.9 Å². The summed E-state index contributed by atoms with van der Waals surface area (Å²) in [5.74, 6) is -0.188. The van der Waals surface area contributed by atoms with E-state index in [9.17, 15) is 4.39 Å². The Morgan fingerprint density at radius 1 is 1.07 bits per heavy atom. The van der Waals surface area contributed by atoms with Gasteiger partial charge in [-0.15, -0.1) is 0 Å². The van der Waals surface area contributed by atoms with Gasteiger partial charge in [0, 0.05) is 32.4 Å². The van der Waals surface area contributed by atoms with Crippen molar-refractivity contribution in [3.05, 3.63) is 77.7 Å². The molecule has 0 bridgehead atoms. The number of rotatable bonds is 9. The second-order valence-corrected chi connectivity index (χ2v) is 7.28. The Labute approximate surface area is 166 Å². The smallest absolute Gasteiger partial charge is 0.123 e. The summed E-state index contributed by atoms with van der Waals surface area (Å²) in [5, 5.41) is 4.21. The van der Waals surface area contributed by atoms with Crippen LogP contribution in [0, 0.1) is 5.82 Å². The van der Waals surface area contributed by atoms with Crippen LogP contribution in [0.5, 0.6) is 0 Å². The van der Waals surface area contributed by atoms with Gasteiger partial charge in [-0.25, -0.2) is 4.39 Å². The van der Waals surface area contributed by atoms with Crippen LogP contribution in [0.25, 0.3) is 11.3 Å². The molecule has 0 aliphatic carbocycles. The Hall–Kier alpha value is -2.50. The average Bonchev–Trinajstić information content (AvgIpc) is 3.10. The number of ether oxygens (including phenoxy) is 1. The van der Waals surface area contributed by atoms with E-state index in [1.165, 1.54) is 6.07 Å². The summed E-state index contributed by atoms with van der Waals surface area (Å²) < 4.78 is 21.2. The van der Waals surface area contributed by atoms with E-state index in [-0.39, 0.29) is 5.82 Å². The van der Waals surface area contributed by atoms with E-state index in [2.05, 4.69) is 48.1 Å². The van der Waals surface area contributed by atoms with Crippen molar-refractivity contribution < 1.29 is 9.13 Å². The molecule has 3 rings (SSSR count). The molecule has 3 aromatic rings. The molecule has 0 radical (unpaired) electrons. The number of aryl methyl sites for hydroxylation is 1. The largest absolute Gasteiger partial charge is 0.375 e. The molecule has 0 N–H and O–H groups in total. The van der Waals surface area contributed by atoms with Gasteiger partial charge in [0.05, 0.1) is 18.9 Å². The summed E-state index contributed by atoms with van der Waals surface area (Å²) in [6.45, 7) is 7.04. The highest BCUT2D eigenvalue weighted by molar-refractivity contribution is 5.59. The first-order valence-corrected chi connectivity index (χ1v) is 9.66. The minimum atomic E-state index is -0.188. The number of aromatic nitrogens is 2. The van der Waals surface area contributed by atoms with Crippen LogP contribution in [0.2, 0.25) is 0 Å². The lowest BCUT2D eigenvalue weighted by Gasteiger charge is -2.26. The fraction of sp³-hybridized carbons (Fsp3) is 0.348. The summed E-state index contributed by atoms with van der Waals surface area (Å²) >= 11 is 0. The predicted molar refractivity (Wildman–Crippen MR) is 110 cm³/mol. The van der Waals surface area contributed by atoms with Crippen LogP contribution in [0.3, 0.4) is 0 Å². The number of benzene rings is 2. The molecule has 28 heavy (non-hydrogen) atoms. The Kier molecular flexibility index (Phi) is 6.95. The van der Waals surface area contributed by atoms with E-state index in [4.69, 9.17) is 4.74 Å². The minimum absolute atomic E-state index is 0.188. The van der Waals surface area contributed by atoms with Crippen molar-refractivity contribution in [2.75, 3.05) is 13.2 Å². The van der Waals surface area contributed by atoms with Crippen molar-refractivity contribution in [3.8, 4) is 11.3 Å². The van der Waals surface area contributed by atoms with Gasteiger partial charge in [0.2, 0.25) is 0 Å². The molecule has 1 aromatic heterocycles. The Balaban J connectivity index is 1.47. The highest BCUT2D eigenvalue weighted by atomic mass is 19.1. The summed E-state index contributed by atoms with van der Waals surface area (Å²) in [7, 11) is 1.94. The van der Waals surface area contributed by atoms with Crippen LogP contribution in [0.4, 0.5) is 4.39 Å². The number of hydrogen-bond donors (Lipinski definition) is 0. The molecule has 0 atom stereocenters. The molecule has 0 spiro atoms. The molecular weight excluding hydrogens is 353 g/mol. The van der Waals surface area contributed by atoms with E-state index >= 15 is 0 Å². The Morgan fingerprint density at radius 3 is 2.50 bits per heavy atom. The lowest BCUT2D eigenvalue weighted by Crippen LogP contribution is -2.33. The van der Waals surface area contributed by atoms with E-state index in [1.807, 2.05) is 23.9 Å². The summed E-state index contributed by atoms with van der Waals surface area (Å²) in [6, 6.07) is 17.5. The normalized spacial score (nSPS) is 11.5. The van der Waals surface area contributed by atoms with Crippen molar-refractivity contribution in [3.63, 3.8) is 0 Å². The standard InChI is InChI=1S/C23H28FN3O/c1-18(2)27(16-20-5-4-6-22(24)15-20)13-14-28-17-19-7-9-21(10-8-19)23-11-12-25-26(23)3/h4-12,15,18H,13-14,16-17H2,1-3H3. The zero-order valence-electron chi connectivity index (χ0n) is 16.8. The van der Waals surface area contributed by atoms with Gasteiger partial charge in [-0.3, -0.25) is 9.58 Å². The molecule has 0 unspecified atom stereocenters. The van der Waals surface area contributed by atoms with Crippen LogP contribution >= 0.6 is 0 Å². The molecule has 0 saturated heterocycles. The fourth-order valence-electron chi connectivity index (χ4n) is 3.19. The molecular formula is C23H28FN3O. The van der Waals surface area contributed by atoms with Crippen LogP contribution in [0.1, 0.15) is 25.0 Å². The Morgan fingerprint density at radius 2 is 1.86 bits per heavy atom. The van der Waals surface area contributed by atoms with Crippen molar-refractivity contribution >= 4 is 0 Å². The van der Waals surface area contributed by atoms with Gasteiger partial charge in [0.15, 0.2) is 0 Å². The zero-order chi connectivity index (χ0) is 19.9. The summed E-state index contributed by atoms with van der Waals surface area (Å²) in [4.78, 5) is 2.29. The first-order chi connectivity index (χ1) is 13.5. The minimum Gasteiger partial charge on any atom is -0.375 e. The zero-order valence-corrected chi connectivity index (χ0v) is 16.8. The van der Waals surface area contributed by atoms with E-state index in [0.717, 1.165) is 35.5 Å². The second kappa shape index (κ2) is 9.62. The number of halogens is 1. The first-order valence-electron chi connectivity index (χ1n) is 9.66. The van der Waals surface area contributed by atoms with Crippen LogP contribution in [0.15, 0.2) is 60.8 Å². The Bertz CT molecular complexity index is 874. The summed E-state index contributed by atoms with van der Waals surface area (Å²) in [5.41, 5.74) is 4.37. The van der Waals surface area contributed by atoms with Crippen LogP contribution in [-0.4, -0.2) is 33.9 Å². The third kappa shape index (κ3) is 5.50. The average molecular weight is 381 g/mol. The lowest BCUT2D eigenvalue weighted by molar-refractivity contribution is 0.0797. The topological polar surface area (TPSA) is 30.3 Å². The molecule has 0 saturated carbocycles. The highest BCUT2D eigenvalue weighted by Gasteiger charge is 2.10. The third-order valence-electron chi connectivity index (χ3n) is 4.87. The molecule has 0 amide bonds. The monoisotopic (exact) mass is 381 g/mol. The number of hydrogen-bond acceptors (Lipinski definition) is 3. The third-order valence-corrected chi connectivity index (χ3v) is 4.87. The fourth-order valence-corrected chi connectivity index (χ4v) is 3.19. The molecule has 0 aliphatic heterocycles. The van der Waals surface area contributed by atoms with Crippen molar-refractivity contribution in [2.45, 2.75) is 33.0 Å². The van der Waals surface area contributed by atoms with Crippen molar-refractivity contribution in [1.82, 2.24) is 14.7 Å². The highest BCUT2D eigenvalue weighted by Crippen LogP contribution is 2.19. The van der Waals surface area contributed by atoms with Gasteiger partial charge < -0.3 is 4.74 Å². The molecule has 0 aliphatic rings. The molecule has 0 fully saturated rings. The molecule has 1 heterocycles. The maximum atomic E-state index is 13.4. The quantitative estimate of drug-likeness (QED) is 0.505. The van der Waals surface area contributed by atoms with Gasteiger partial charge in [0.25, 0.3) is 0 Å². The molecule has 2 aromatic carbocycles. The number of nitrogens with zero attached hydrogens (tertiary/aromatic N) is 3. The van der Waals surface area contributed by atoms with E-state index in [1.54, 1.807) is 18.3 Å². The predicted octanol–water partition coefficient (Wildman–Crippen LogP) is 4.65. The second-order valence-electron chi connectivity index (χ2n) is 7.28. The summed E-state index contributed by atoms with van der Waals surface area (Å²) in [6.07, 6.45) is 1.80. The van der Waals surface area contributed by atoms with E-state index < -0.39 is 0 Å². The maximum absolute atomic E-state index is 13.4. The van der Waals surface area contributed by atoms with Gasteiger partial charge in [-0.2, -0.15) is 5.10 Å². The molecule has 5 heteroatoms. The van der Waals surface area contributed by atoms with Gasteiger partial charge in [0.1, 0.15) is 5.82 Å². The lowest BCUT2D eigenvalue weighted by atomic mass is 10.1. The first kappa shape index (κ1) is 20.2. The van der Waals surface area contributed by atoms with Gasteiger partial charge in [-0.05, 0) is 48.7 Å². The molecule has 4 nitrogen and oxygen atoms in total. The maximum Gasteiger partial charge on any atom is 0.123 e. The SMILES string of the molecule is CC(C)N(CCOCc1ccc(-c2ccnn2C)cc1)Cc1cccc(F)c1. The van der Waals surface area contributed by atoms with Crippen molar-refractivity contribution in [2.24, 2.45) is 7.05 Å². The molecule has 148 valence electrons. The van der Waals surface area contributed by atoms with E-state index in [0.29, 0.717) is 19.3 Å². The van der Waals surface area contributed by atoms with Gasteiger partial charge in [-0.1, -0.05) is 36.4 Å². The van der Waals surface area contributed by atoms with Crippen LogP contribution < -0.4 is 0 Å². The van der Waals surface area contributed by atoms with Crippen molar-refractivity contribution in [1.29, 1.82) is 0 Å².